The summed E-state index contributed by atoms with van der Waals surface area (Å²) in [4.78, 5) is 0. The van der Waals surface area contributed by atoms with Gasteiger partial charge in [0, 0.05) is 29.4 Å². The van der Waals surface area contributed by atoms with E-state index in [9.17, 15) is 13.2 Å². The van der Waals surface area contributed by atoms with Gasteiger partial charge in [0.2, 0.25) is 0 Å². The van der Waals surface area contributed by atoms with Crippen molar-refractivity contribution in [3.63, 3.8) is 0 Å². The number of hydrogen-bond donors (Lipinski definition) is 1. The average molecular weight is 297 g/mol. The molecule has 0 radical (unpaired) electrons. The summed E-state index contributed by atoms with van der Waals surface area (Å²) < 4.78 is 41.1. The van der Waals surface area contributed by atoms with Gasteiger partial charge in [-0.3, -0.25) is 0 Å². The third-order valence-corrected chi connectivity index (χ3v) is 3.43. The van der Waals surface area contributed by atoms with E-state index in [1.54, 1.807) is 6.20 Å². The maximum atomic E-state index is 13.3. The molecule has 0 fully saturated rings. The minimum absolute atomic E-state index is 0.0776. The van der Waals surface area contributed by atoms with Crippen LogP contribution in [0.3, 0.4) is 0 Å². The normalized spacial score (nSPS) is 12.7. The Morgan fingerprint density at radius 1 is 1.24 bits per heavy atom. The zero-order valence-corrected chi connectivity index (χ0v) is 12.3. The van der Waals surface area contributed by atoms with Crippen LogP contribution in [0, 0.1) is 24.4 Å². The second kappa shape index (κ2) is 6.30. The van der Waals surface area contributed by atoms with E-state index in [0.717, 1.165) is 36.4 Å². The Bertz CT molecular complexity index is 614. The van der Waals surface area contributed by atoms with E-state index < -0.39 is 17.5 Å². The number of halogens is 3. The van der Waals surface area contributed by atoms with Crippen LogP contribution < -0.4 is 5.32 Å². The highest BCUT2D eigenvalue weighted by Gasteiger charge is 2.17. The van der Waals surface area contributed by atoms with Crippen molar-refractivity contribution in [2.45, 2.75) is 33.2 Å². The molecule has 1 atom stereocenters. The molecule has 0 aliphatic rings. The van der Waals surface area contributed by atoms with Crippen LogP contribution in [0.5, 0.6) is 0 Å². The molecule has 6 heteroatoms. The molecule has 0 aliphatic carbocycles. The van der Waals surface area contributed by atoms with Crippen molar-refractivity contribution in [1.29, 1.82) is 0 Å². The summed E-state index contributed by atoms with van der Waals surface area (Å²) in [6, 6.07) is 1.95. The first-order valence-electron chi connectivity index (χ1n) is 6.88. The van der Waals surface area contributed by atoms with Gasteiger partial charge >= 0.3 is 0 Å². The van der Waals surface area contributed by atoms with Crippen molar-refractivity contribution in [2.24, 2.45) is 0 Å². The minimum atomic E-state index is -1.47. The highest BCUT2D eigenvalue weighted by Crippen LogP contribution is 2.22. The highest BCUT2D eigenvalue weighted by atomic mass is 19.2. The molecule has 0 aliphatic heterocycles. The van der Waals surface area contributed by atoms with Crippen LogP contribution in [0.15, 0.2) is 18.3 Å². The molecule has 0 bridgehead atoms. The number of hydrogen-bond acceptors (Lipinski definition) is 2. The maximum absolute atomic E-state index is 13.3. The first-order chi connectivity index (χ1) is 9.95. The van der Waals surface area contributed by atoms with Gasteiger partial charge in [-0.05, 0) is 26.8 Å². The SMILES string of the molecule is CCCNC(C)c1cnn(-c2cc(F)c(F)c(F)c2)c1C. The van der Waals surface area contributed by atoms with Crippen LogP contribution >= 0.6 is 0 Å². The zero-order valence-electron chi connectivity index (χ0n) is 12.3. The molecular formula is C15H18F3N3. The molecule has 0 saturated heterocycles. The quantitative estimate of drug-likeness (QED) is 0.854. The Hall–Kier alpha value is -1.82. The maximum Gasteiger partial charge on any atom is 0.194 e. The number of benzene rings is 1. The second-order valence-corrected chi connectivity index (χ2v) is 5.00. The van der Waals surface area contributed by atoms with Gasteiger partial charge in [-0.25, -0.2) is 17.9 Å². The van der Waals surface area contributed by atoms with Crippen LogP contribution in [0.4, 0.5) is 13.2 Å². The molecule has 1 aromatic carbocycles. The van der Waals surface area contributed by atoms with E-state index in [1.807, 2.05) is 13.8 Å². The molecule has 1 N–H and O–H groups in total. The summed E-state index contributed by atoms with van der Waals surface area (Å²) in [5.41, 5.74) is 1.86. The third kappa shape index (κ3) is 3.10. The lowest BCUT2D eigenvalue weighted by Crippen LogP contribution is -2.19. The first kappa shape index (κ1) is 15.6. The summed E-state index contributed by atoms with van der Waals surface area (Å²) in [5, 5.41) is 7.47. The van der Waals surface area contributed by atoms with E-state index in [4.69, 9.17) is 0 Å². The Morgan fingerprint density at radius 3 is 2.43 bits per heavy atom. The van der Waals surface area contributed by atoms with Gasteiger partial charge in [-0.15, -0.1) is 0 Å². The second-order valence-electron chi connectivity index (χ2n) is 5.00. The highest BCUT2D eigenvalue weighted by molar-refractivity contribution is 5.37. The topological polar surface area (TPSA) is 29.9 Å². The summed E-state index contributed by atoms with van der Waals surface area (Å²) in [6.45, 7) is 6.74. The standard InChI is InChI=1S/C15H18F3N3/c1-4-5-19-9(2)12-8-20-21(10(12)3)11-6-13(16)15(18)14(17)7-11/h6-9,19H,4-5H2,1-3H3. The van der Waals surface area contributed by atoms with Gasteiger partial charge in [0.1, 0.15) is 0 Å². The molecule has 2 aromatic rings. The molecule has 2 rings (SSSR count). The lowest BCUT2D eigenvalue weighted by Gasteiger charge is -2.13. The predicted octanol–water partition coefficient (Wildman–Crippen LogP) is 3.66. The Morgan fingerprint density at radius 2 is 1.86 bits per heavy atom. The molecular weight excluding hydrogens is 279 g/mol. The molecule has 1 aromatic heterocycles. The summed E-state index contributed by atoms with van der Waals surface area (Å²) in [5.74, 6) is -3.92. The fraction of sp³-hybridized carbons (Fsp3) is 0.400. The predicted molar refractivity (Wildman–Crippen MR) is 74.9 cm³/mol. The number of rotatable bonds is 5. The van der Waals surface area contributed by atoms with E-state index in [2.05, 4.69) is 17.3 Å². The van der Waals surface area contributed by atoms with Crippen LogP contribution in [0.2, 0.25) is 0 Å². The third-order valence-electron chi connectivity index (χ3n) is 3.43. The van der Waals surface area contributed by atoms with Crippen LogP contribution in [-0.2, 0) is 0 Å². The van der Waals surface area contributed by atoms with Gasteiger partial charge in [0.05, 0.1) is 11.9 Å². The van der Waals surface area contributed by atoms with Gasteiger partial charge in [-0.1, -0.05) is 6.92 Å². The van der Waals surface area contributed by atoms with Gasteiger partial charge < -0.3 is 5.32 Å². The van der Waals surface area contributed by atoms with Gasteiger partial charge in [0.25, 0.3) is 0 Å². The summed E-state index contributed by atoms with van der Waals surface area (Å²) >= 11 is 0. The molecule has 1 heterocycles. The van der Waals surface area contributed by atoms with Crippen molar-refractivity contribution in [3.05, 3.63) is 47.0 Å². The summed E-state index contributed by atoms with van der Waals surface area (Å²) in [6.07, 6.45) is 2.66. The molecule has 114 valence electrons. The largest absolute Gasteiger partial charge is 0.310 e. The van der Waals surface area contributed by atoms with E-state index in [-0.39, 0.29) is 11.7 Å². The molecule has 1 unspecified atom stereocenters. The fourth-order valence-corrected chi connectivity index (χ4v) is 2.24. The average Bonchev–Trinajstić information content (AvgIpc) is 2.83. The minimum Gasteiger partial charge on any atom is -0.310 e. The van der Waals surface area contributed by atoms with E-state index in [1.165, 1.54) is 4.68 Å². The Labute approximate surface area is 121 Å². The Kier molecular flexibility index (Phi) is 4.67. The van der Waals surface area contributed by atoms with Crippen molar-refractivity contribution in [2.75, 3.05) is 6.54 Å². The molecule has 0 amide bonds. The van der Waals surface area contributed by atoms with Crippen molar-refractivity contribution >= 4 is 0 Å². The Balaban J connectivity index is 2.36. The van der Waals surface area contributed by atoms with E-state index >= 15 is 0 Å². The number of nitrogens with one attached hydrogen (secondary N) is 1. The molecule has 0 spiro atoms. The van der Waals surface area contributed by atoms with Crippen LogP contribution in [0.1, 0.15) is 37.6 Å². The lowest BCUT2D eigenvalue weighted by atomic mass is 10.1. The number of aromatic nitrogens is 2. The lowest BCUT2D eigenvalue weighted by molar-refractivity contribution is 0.446. The fourth-order valence-electron chi connectivity index (χ4n) is 2.24. The molecule has 3 nitrogen and oxygen atoms in total. The molecule has 21 heavy (non-hydrogen) atoms. The van der Waals surface area contributed by atoms with Crippen molar-refractivity contribution in [1.82, 2.24) is 15.1 Å². The van der Waals surface area contributed by atoms with Crippen molar-refractivity contribution in [3.8, 4) is 5.69 Å². The van der Waals surface area contributed by atoms with Gasteiger partial charge in [0.15, 0.2) is 17.5 Å². The van der Waals surface area contributed by atoms with Crippen LogP contribution in [-0.4, -0.2) is 16.3 Å². The molecule has 0 saturated carbocycles. The van der Waals surface area contributed by atoms with Crippen LogP contribution in [0.25, 0.3) is 5.69 Å². The van der Waals surface area contributed by atoms with E-state index in [0.29, 0.717) is 0 Å². The van der Waals surface area contributed by atoms with Gasteiger partial charge in [-0.2, -0.15) is 5.10 Å². The monoisotopic (exact) mass is 297 g/mol. The summed E-state index contributed by atoms with van der Waals surface area (Å²) in [7, 11) is 0. The van der Waals surface area contributed by atoms with Crippen molar-refractivity contribution < 1.29 is 13.2 Å². The zero-order chi connectivity index (χ0) is 15.6. The number of nitrogens with zero attached hydrogens (tertiary/aromatic N) is 2. The smallest absolute Gasteiger partial charge is 0.194 e. The first-order valence-corrected chi connectivity index (χ1v) is 6.88.